The second-order valence-electron chi connectivity index (χ2n) is 5.19. The van der Waals surface area contributed by atoms with Gasteiger partial charge in [0.25, 0.3) is 0 Å². The first-order chi connectivity index (χ1) is 9.13. The monoisotopic (exact) mass is 296 g/mol. The summed E-state index contributed by atoms with van der Waals surface area (Å²) in [5.74, 6) is 0.798. The lowest BCUT2D eigenvalue weighted by Gasteiger charge is -2.19. The van der Waals surface area contributed by atoms with Gasteiger partial charge < -0.3 is 5.32 Å². The first-order valence-electron chi connectivity index (χ1n) is 7.18. The van der Waals surface area contributed by atoms with E-state index < -0.39 is 0 Å². The number of aliphatic imine (C=N–C) groups is 1. The topological polar surface area (TPSA) is 24.4 Å². The third-order valence-corrected chi connectivity index (χ3v) is 6.27. The van der Waals surface area contributed by atoms with Crippen molar-refractivity contribution >= 4 is 28.3 Å². The Morgan fingerprint density at radius 2 is 2.11 bits per heavy atom. The van der Waals surface area contributed by atoms with Crippen LogP contribution in [0.25, 0.3) is 0 Å². The summed E-state index contributed by atoms with van der Waals surface area (Å²) in [6.07, 6.45) is 2.52. The second-order valence-corrected chi connectivity index (χ2v) is 7.74. The van der Waals surface area contributed by atoms with Gasteiger partial charge in [0.1, 0.15) is 0 Å². The fourth-order valence-corrected chi connectivity index (χ4v) is 4.76. The molecule has 2 nitrogen and oxygen atoms in total. The highest BCUT2D eigenvalue weighted by Crippen LogP contribution is 2.31. The number of rotatable bonds is 5. The van der Waals surface area contributed by atoms with Crippen LogP contribution in [0.5, 0.6) is 0 Å². The zero-order valence-corrected chi connectivity index (χ0v) is 13.9. The Hall–Kier alpha value is -0.480. The van der Waals surface area contributed by atoms with Crippen LogP contribution in [0.1, 0.15) is 49.4 Å². The highest BCUT2D eigenvalue weighted by molar-refractivity contribution is 8.14. The van der Waals surface area contributed by atoms with Crippen LogP contribution in [0.4, 0.5) is 0 Å². The predicted octanol–water partition coefficient (Wildman–Crippen LogP) is 4.61. The molecule has 106 valence electrons. The van der Waals surface area contributed by atoms with Gasteiger partial charge >= 0.3 is 0 Å². The van der Waals surface area contributed by atoms with Crippen molar-refractivity contribution in [3.8, 4) is 0 Å². The third kappa shape index (κ3) is 3.76. The molecule has 1 aliphatic rings. The van der Waals surface area contributed by atoms with E-state index in [0.717, 1.165) is 17.6 Å². The van der Waals surface area contributed by atoms with E-state index in [0.29, 0.717) is 11.3 Å². The van der Waals surface area contributed by atoms with Crippen LogP contribution < -0.4 is 5.32 Å². The summed E-state index contributed by atoms with van der Waals surface area (Å²) in [6, 6.07) is 4.77. The number of nitrogens with zero attached hydrogens (tertiary/aromatic N) is 1. The van der Waals surface area contributed by atoms with Crippen molar-refractivity contribution in [2.75, 3.05) is 6.54 Å². The molecule has 4 heteroatoms. The van der Waals surface area contributed by atoms with E-state index in [2.05, 4.69) is 50.1 Å². The normalized spacial score (nSPS) is 20.7. The molecule has 0 bridgehead atoms. The minimum absolute atomic E-state index is 0.366. The van der Waals surface area contributed by atoms with E-state index in [1.807, 2.05) is 23.1 Å². The molecule has 0 amide bonds. The van der Waals surface area contributed by atoms with E-state index in [4.69, 9.17) is 0 Å². The zero-order chi connectivity index (χ0) is 13.8. The molecule has 2 rings (SSSR count). The van der Waals surface area contributed by atoms with Gasteiger partial charge in [0.15, 0.2) is 5.17 Å². The fourth-order valence-electron chi connectivity index (χ4n) is 2.47. The lowest BCUT2D eigenvalue weighted by Crippen LogP contribution is -2.24. The maximum absolute atomic E-state index is 4.68. The van der Waals surface area contributed by atoms with Gasteiger partial charge in [0, 0.05) is 15.0 Å². The fraction of sp³-hybridized carbons (Fsp3) is 0.667. The summed E-state index contributed by atoms with van der Waals surface area (Å²) in [4.78, 5) is 7.45. The Balaban J connectivity index is 1.88. The molecule has 2 atom stereocenters. The predicted molar refractivity (Wildman–Crippen MR) is 88.4 cm³/mol. The molecule has 0 radical (unpaired) electrons. The highest BCUT2D eigenvalue weighted by Gasteiger charge is 2.26. The Kier molecular flexibility index (Phi) is 5.34. The first kappa shape index (κ1) is 14.9. The molecular formula is C15H24N2S2. The van der Waals surface area contributed by atoms with Crippen LogP contribution in [0.2, 0.25) is 0 Å². The van der Waals surface area contributed by atoms with Crippen molar-refractivity contribution in [2.45, 2.75) is 51.8 Å². The summed E-state index contributed by atoms with van der Waals surface area (Å²) in [5, 5.41) is 5.38. The van der Waals surface area contributed by atoms with E-state index >= 15 is 0 Å². The van der Waals surface area contributed by atoms with Gasteiger partial charge in [0.2, 0.25) is 0 Å². The molecule has 0 aromatic carbocycles. The molecule has 1 aliphatic heterocycles. The van der Waals surface area contributed by atoms with Gasteiger partial charge in [-0.2, -0.15) is 0 Å². The molecule has 0 saturated heterocycles. The van der Waals surface area contributed by atoms with E-state index in [9.17, 15) is 0 Å². The van der Waals surface area contributed by atoms with Gasteiger partial charge in [0.05, 0.1) is 12.6 Å². The Morgan fingerprint density at radius 3 is 2.68 bits per heavy atom. The molecular weight excluding hydrogens is 272 g/mol. The summed E-state index contributed by atoms with van der Waals surface area (Å²) in [5.41, 5.74) is 0. The summed E-state index contributed by atoms with van der Waals surface area (Å²) in [6.45, 7) is 9.94. The van der Waals surface area contributed by atoms with Crippen LogP contribution in [-0.2, 0) is 0 Å². The molecule has 2 unspecified atom stereocenters. The van der Waals surface area contributed by atoms with Gasteiger partial charge in [-0.05, 0) is 31.9 Å². The first-order valence-corrected chi connectivity index (χ1v) is 8.87. The van der Waals surface area contributed by atoms with Crippen molar-refractivity contribution in [1.29, 1.82) is 0 Å². The largest absolute Gasteiger partial charge is 0.358 e. The van der Waals surface area contributed by atoms with Crippen LogP contribution >= 0.6 is 23.1 Å². The van der Waals surface area contributed by atoms with Crippen molar-refractivity contribution in [3.05, 3.63) is 21.9 Å². The summed E-state index contributed by atoms with van der Waals surface area (Å²) in [7, 11) is 0. The number of amidine groups is 1. The summed E-state index contributed by atoms with van der Waals surface area (Å²) >= 11 is 3.81. The lowest BCUT2D eigenvalue weighted by molar-refractivity contribution is 0.479. The average molecular weight is 297 g/mol. The Morgan fingerprint density at radius 1 is 1.37 bits per heavy atom. The molecule has 2 heterocycles. The lowest BCUT2D eigenvalue weighted by atomic mass is 9.99. The second kappa shape index (κ2) is 6.80. The van der Waals surface area contributed by atoms with Gasteiger partial charge in [-0.1, -0.05) is 38.5 Å². The van der Waals surface area contributed by atoms with Crippen LogP contribution in [0, 0.1) is 12.8 Å². The smallest absolute Gasteiger partial charge is 0.157 e. The number of thioether (sulfide) groups is 1. The molecule has 1 aromatic heterocycles. The van der Waals surface area contributed by atoms with Gasteiger partial charge in [-0.15, -0.1) is 11.3 Å². The van der Waals surface area contributed by atoms with Gasteiger partial charge in [-0.25, -0.2) is 0 Å². The zero-order valence-electron chi connectivity index (χ0n) is 12.3. The SMILES string of the molecule is CCC(CC)C1CN=C(NC(C)c2ccc(C)s2)S1. The Bertz CT molecular complexity index is 435. The third-order valence-electron chi connectivity index (χ3n) is 3.78. The van der Waals surface area contributed by atoms with E-state index in [1.54, 1.807) is 0 Å². The van der Waals surface area contributed by atoms with Crippen LogP contribution in [0.3, 0.4) is 0 Å². The minimum Gasteiger partial charge on any atom is -0.358 e. The highest BCUT2D eigenvalue weighted by atomic mass is 32.2. The van der Waals surface area contributed by atoms with Crippen LogP contribution in [-0.4, -0.2) is 17.0 Å². The number of hydrogen-bond acceptors (Lipinski definition) is 4. The molecule has 0 spiro atoms. The number of aryl methyl sites for hydroxylation is 1. The molecule has 0 fully saturated rings. The number of nitrogens with one attached hydrogen (secondary N) is 1. The van der Waals surface area contributed by atoms with Crippen LogP contribution in [0.15, 0.2) is 17.1 Å². The van der Waals surface area contributed by atoms with E-state index in [-0.39, 0.29) is 0 Å². The average Bonchev–Trinajstić information content (AvgIpc) is 3.00. The molecule has 1 aromatic rings. The Labute approximate surface area is 125 Å². The molecule has 0 saturated carbocycles. The van der Waals surface area contributed by atoms with Crippen molar-refractivity contribution in [2.24, 2.45) is 10.9 Å². The van der Waals surface area contributed by atoms with Crippen molar-refractivity contribution in [1.82, 2.24) is 5.32 Å². The summed E-state index contributed by atoms with van der Waals surface area (Å²) < 4.78 is 0. The number of thiophene rings is 1. The maximum atomic E-state index is 4.68. The van der Waals surface area contributed by atoms with Crippen molar-refractivity contribution in [3.63, 3.8) is 0 Å². The van der Waals surface area contributed by atoms with E-state index in [1.165, 1.54) is 22.6 Å². The van der Waals surface area contributed by atoms with Gasteiger partial charge in [-0.3, -0.25) is 4.99 Å². The molecule has 1 N–H and O–H groups in total. The van der Waals surface area contributed by atoms with Crippen molar-refractivity contribution < 1.29 is 0 Å². The molecule has 19 heavy (non-hydrogen) atoms. The minimum atomic E-state index is 0.366. The number of hydrogen-bond donors (Lipinski definition) is 1. The quantitative estimate of drug-likeness (QED) is 0.857. The standard InChI is InChI=1S/C15H24N2S2/c1-5-12(6-2)14-9-16-15(19-14)17-11(4)13-8-7-10(3)18-13/h7-8,11-12,14H,5-6,9H2,1-4H3,(H,16,17). The molecule has 0 aliphatic carbocycles. The maximum Gasteiger partial charge on any atom is 0.157 e.